The topological polar surface area (TPSA) is 35.6 Å². The number of rotatable bonds is 6. The molecule has 0 aliphatic heterocycles. The molecule has 0 radical (unpaired) electrons. The molecule has 0 aliphatic rings. The zero-order valence-corrected chi connectivity index (χ0v) is 37.0. The Hall–Kier alpha value is -8.64. The molecule has 0 fully saturated rings. The molecule has 14 aromatic rings. The highest BCUT2D eigenvalue weighted by molar-refractivity contribution is 7.27. The zero-order chi connectivity index (χ0) is 44.0. The third-order valence-corrected chi connectivity index (χ3v) is 14.7. The van der Waals surface area contributed by atoms with E-state index in [-0.39, 0.29) is 0 Å². The SMILES string of the molecule is c1ccc(-c2cc(-c3ccccc3)cc(-n3c4ccccc4c4c5c6cc7c8ccccc8n(-c8cc(-c9ccccc9)nc(-c9ccccc9)n8)c7cc6sc5c5ccccc5c43)c2)cc1. The summed E-state index contributed by atoms with van der Waals surface area (Å²) in [5, 5.41) is 9.94. The fourth-order valence-corrected chi connectivity index (χ4v) is 11.8. The lowest BCUT2D eigenvalue weighted by molar-refractivity contribution is 1.05. The first-order valence-corrected chi connectivity index (χ1v) is 23.5. The first-order valence-electron chi connectivity index (χ1n) is 22.7. The van der Waals surface area contributed by atoms with Crippen LogP contribution in [0.5, 0.6) is 0 Å². The van der Waals surface area contributed by atoms with Gasteiger partial charge in [-0.2, -0.15) is 0 Å². The molecule has 67 heavy (non-hydrogen) atoms. The van der Waals surface area contributed by atoms with Gasteiger partial charge in [0.15, 0.2) is 5.82 Å². The molecule has 0 bridgehead atoms. The maximum Gasteiger partial charge on any atom is 0.162 e. The fraction of sp³-hybridized carbons (Fsp3) is 0. The van der Waals surface area contributed by atoms with E-state index < -0.39 is 0 Å². The van der Waals surface area contributed by atoms with E-state index in [2.05, 4.69) is 215 Å². The highest BCUT2D eigenvalue weighted by Crippen LogP contribution is 2.50. The third-order valence-electron chi connectivity index (χ3n) is 13.5. The average molecular weight is 871 g/mol. The van der Waals surface area contributed by atoms with Crippen molar-refractivity contribution in [3.05, 3.63) is 231 Å². The quantitative estimate of drug-likeness (QED) is 0.167. The molecule has 4 nitrogen and oxygen atoms in total. The van der Waals surface area contributed by atoms with Crippen LogP contribution in [-0.2, 0) is 0 Å². The second-order valence-electron chi connectivity index (χ2n) is 17.3. The standard InChI is InChI=1S/C62H38N4S/c1-5-19-39(20-6-1)43-33-44(40-21-7-2-8-22-40)35-45(34-43)65-54-32-18-16-30-49(54)58-59-51-36-50-46-27-15-17-31-53(46)66(55(50)38-56(51)67-61(59)48-29-14-13-28-47(48)60(58)65)57-37-52(41-23-9-3-10-24-41)63-62(64-57)42-25-11-4-12-26-42/h1-38H. The van der Waals surface area contributed by atoms with Gasteiger partial charge in [0.05, 0.1) is 27.8 Å². The molecule has 5 heteroatoms. The molecule has 0 unspecified atom stereocenters. The van der Waals surface area contributed by atoms with Crippen molar-refractivity contribution in [2.24, 2.45) is 0 Å². The first kappa shape index (κ1) is 37.7. The first-order chi connectivity index (χ1) is 33.2. The van der Waals surface area contributed by atoms with Crippen molar-refractivity contribution in [3.63, 3.8) is 0 Å². The predicted octanol–water partition coefficient (Wildman–Crippen LogP) is 16.9. The van der Waals surface area contributed by atoms with Gasteiger partial charge in [0, 0.05) is 75.4 Å². The lowest BCUT2D eigenvalue weighted by Crippen LogP contribution is -2.02. The summed E-state index contributed by atoms with van der Waals surface area (Å²) in [5.41, 5.74) is 13.4. The molecule has 4 heterocycles. The van der Waals surface area contributed by atoms with Crippen LogP contribution in [0.2, 0.25) is 0 Å². The molecule has 0 atom stereocenters. The third kappa shape index (κ3) is 5.92. The van der Waals surface area contributed by atoms with E-state index >= 15 is 0 Å². The van der Waals surface area contributed by atoms with Gasteiger partial charge in [-0.25, -0.2) is 9.97 Å². The average Bonchev–Trinajstić information content (AvgIpc) is 4.06. The number of fused-ring (bicyclic) bond motifs is 13. The summed E-state index contributed by atoms with van der Waals surface area (Å²) in [6, 6.07) is 83.1. The summed E-state index contributed by atoms with van der Waals surface area (Å²) in [5.74, 6) is 1.53. The van der Waals surface area contributed by atoms with Gasteiger partial charge in [-0.1, -0.05) is 182 Å². The van der Waals surface area contributed by atoms with Crippen molar-refractivity contribution in [1.82, 2.24) is 19.1 Å². The molecule has 0 N–H and O–H groups in total. The number of aromatic nitrogens is 4. The summed E-state index contributed by atoms with van der Waals surface area (Å²) >= 11 is 1.89. The minimum absolute atomic E-state index is 0.696. The Bertz CT molecular complexity index is 4130. The van der Waals surface area contributed by atoms with Crippen LogP contribution in [0, 0.1) is 0 Å². The normalized spacial score (nSPS) is 11.9. The van der Waals surface area contributed by atoms with Crippen molar-refractivity contribution < 1.29 is 0 Å². The highest BCUT2D eigenvalue weighted by Gasteiger charge is 2.24. The van der Waals surface area contributed by atoms with E-state index in [1.54, 1.807) is 0 Å². The number of para-hydroxylation sites is 2. The molecule has 0 spiro atoms. The number of hydrogen-bond acceptors (Lipinski definition) is 3. The van der Waals surface area contributed by atoms with E-state index in [1.165, 1.54) is 85.8 Å². The minimum Gasteiger partial charge on any atom is -0.309 e. The van der Waals surface area contributed by atoms with Gasteiger partial charge in [0.25, 0.3) is 0 Å². The Balaban J connectivity index is 1.09. The van der Waals surface area contributed by atoms with Gasteiger partial charge in [-0.05, 0) is 64.7 Å². The second-order valence-corrected chi connectivity index (χ2v) is 18.4. The van der Waals surface area contributed by atoms with Gasteiger partial charge in [-0.3, -0.25) is 4.57 Å². The molecule has 4 aromatic heterocycles. The van der Waals surface area contributed by atoms with Crippen LogP contribution in [-0.4, -0.2) is 19.1 Å². The van der Waals surface area contributed by atoms with Crippen LogP contribution in [0.4, 0.5) is 0 Å². The Morgan fingerprint density at radius 3 is 1.52 bits per heavy atom. The van der Waals surface area contributed by atoms with Crippen LogP contribution >= 0.6 is 11.3 Å². The smallest absolute Gasteiger partial charge is 0.162 e. The van der Waals surface area contributed by atoms with Crippen LogP contribution < -0.4 is 0 Å². The monoisotopic (exact) mass is 870 g/mol. The number of nitrogens with zero attached hydrogens (tertiary/aromatic N) is 4. The van der Waals surface area contributed by atoms with Crippen LogP contribution in [0.3, 0.4) is 0 Å². The maximum atomic E-state index is 5.35. The van der Waals surface area contributed by atoms with Gasteiger partial charge in [0.1, 0.15) is 5.82 Å². The van der Waals surface area contributed by atoms with Crippen LogP contribution in [0.25, 0.3) is 131 Å². The van der Waals surface area contributed by atoms with Gasteiger partial charge in [-0.15, -0.1) is 11.3 Å². The maximum absolute atomic E-state index is 5.35. The second kappa shape index (κ2) is 15.0. The lowest BCUT2D eigenvalue weighted by atomic mass is 9.97. The summed E-state index contributed by atoms with van der Waals surface area (Å²) < 4.78 is 7.41. The molecule has 0 aliphatic carbocycles. The van der Waals surface area contributed by atoms with E-state index in [9.17, 15) is 0 Å². The minimum atomic E-state index is 0.696. The molecule has 0 saturated heterocycles. The van der Waals surface area contributed by atoms with Crippen LogP contribution in [0.1, 0.15) is 0 Å². The Kier molecular flexibility index (Phi) is 8.42. The van der Waals surface area contributed by atoms with Crippen molar-refractivity contribution in [2.45, 2.75) is 0 Å². The molecular formula is C62H38N4S. The largest absolute Gasteiger partial charge is 0.309 e. The summed E-state index contributed by atoms with van der Waals surface area (Å²) in [4.78, 5) is 10.5. The van der Waals surface area contributed by atoms with E-state index in [0.717, 1.165) is 39.4 Å². The molecule has 14 rings (SSSR count). The Morgan fingerprint density at radius 1 is 0.328 bits per heavy atom. The van der Waals surface area contributed by atoms with Crippen molar-refractivity contribution in [3.8, 4) is 56.4 Å². The lowest BCUT2D eigenvalue weighted by Gasteiger charge is -2.15. The highest BCUT2D eigenvalue weighted by atomic mass is 32.1. The number of thiophene rings is 1. The Labute approximate surface area is 389 Å². The summed E-state index contributed by atoms with van der Waals surface area (Å²) in [6.45, 7) is 0. The van der Waals surface area contributed by atoms with E-state index in [4.69, 9.17) is 9.97 Å². The van der Waals surface area contributed by atoms with E-state index in [1.807, 2.05) is 35.6 Å². The van der Waals surface area contributed by atoms with Crippen molar-refractivity contribution in [1.29, 1.82) is 0 Å². The van der Waals surface area contributed by atoms with Crippen molar-refractivity contribution >= 4 is 85.9 Å². The Morgan fingerprint density at radius 2 is 0.866 bits per heavy atom. The fourth-order valence-electron chi connectivity index (χ4n) is 10.5. The van der Waals surface area contributed by atoms with Gasteiger partial charge >= 0.3 is 0 Å². The number of hydrogen-bond donors (Lipinski definition) is 0. The molecule has 10 aromatic carbocycles. The van der Waals surface area contributed by atoms with Gasteiger partial charge in [0.2, 0.25) is 0 Å². The summed E-state index contributed by atoms with van der Waals surface area (Å²) in [7, 11) is 0. The van der Waals surface area contributed by atoms with Crippen LogP contribution in [0.15, 0.2) is 231 Å². The summed E-state index contributed by atoms with van der Waals surface area (Å²) in [6.07, 6.45) is 0. The predicted molar refractivity (Wildman–Crippen MR) is 283 cm³/mol. The van der Waals surface area contributed by atoms with Crippen molar-refractivity contribution in [2.75, 3.05) is 0 Å². The van der Waals surface area contributed by atoms with Gasteiger partial charge < -0.3 is 4.57 Å². The number of benzene rings is 10. The molecular weight excluding hydrogens is 833 g/mol. The molecule has 0 saturated carbocycles. The zero-order valence-electron chi connectivity index (χ0n) is 36.1. The molecule has 0 amide bonds. The van der Waals surface area contributed by atoms with E-state index in [0.29, 0.717) is 5.82 Å². The molecule has 312 valence electrons.